The molecule has 1 aromatic rings. The molecule has 0 fully saturated rings. The zero-order chi connectivity index (χ0) is 14.8. The maximum absolute atomic E-state index is 12.5. The van der Waals surface area contributed by atoms with E-state index in [0.717, 1.165) is 19.2 Å². The molecule has 9 heteroatoms. The van der Waals surface area contributed by atoms with Gasteiger partial charge in [-0.3, -0.25) is 0 Å². The standard InChI is InChI=1S/C10H6ClF6NO/c1-19-7-4-5(18-8(11)10(15,16)17)2-3-6(7)9(12,13)14/h2-4H,1H3. The van der Waals surface area contributed by atoms with Crippen molar-refractivity contribution < 1.29 is 31.1 Å². The highest BCUT2D eigenvalue weighted by atomic mass is 35.5. The molecular formula is C10H6ClF6NO. The Labute approximate surface area is 108 Å². The number of methoxy groups -OCH3 is 1. The molecule has 0 aliphatic rings. The lowest BCUT2D eigenvalue weighted by Crippen LogP contribution is -2.16. The van der Waals surface area contributed by atoms with Crippen molar-refractivity contribution in [3.8, 4) is 5.75 Å². The molecule has 0 amide bonds. The summed E-state index contributed by atoms with van der Waals surface area (Å²) in [7, 11) is 0.962. The van der Waals surface area contributed by atoms with Crippen molar-refractivity contribution in [3.63, 3.8) is 0 Å². The van der Waals surface area contributed by atoms with E-state index < -0.39 is 34.5 Å². The molecule has 1 aromatic carbocycles. The van der Waals surface area contributed by atoms with Gasteiger partial charge in [-0.05, 0) is 12.1 Å². The molecule has 1 rings (SSSR count). The summed E-state index contributed by atoms with van der Waals surface area (Å²) in [5, 5.41) is -1.69. The Morgan fingerprint density at radius 3 is 2.16 bits per heavy atom. The highest BCUT2D eigenvalue weighted by Gasteiger charge is 2.36. The van der Waals surface area contributed by atoms with E-state index in [9.17, 15) is 26.3 Å². The van der Waals surface area contributed by atoms with Crippen LogP contribution in [-0.2, 0) is 6.18 Å². The van der Waals surface area contributed by atoms with Crippen LogP contribution >= 0.6 is 11.6 Å². The predicted molar refractivity (Wildman–Crippen MR) is 57.0 cm³/mol. The van der Waals surface area contributed by atoms with Crippen molar-refractivity contribution in [2.24, 2.45) is 4.99 Å². The predicted octanol–water partition coefficient (Wildman–Crippen LogP) is 4.55. The van der Waals surface area contributed by atoms with Gasteiger partial charge in [-0.2, -0.15) is 26.3 Å². The zero-order valence-electron chi connectivity index (χ0n) is 9.23. The van der Waals surface area contributed by atoms with Crippen LogP contribution in [0.5, 0.6) is 5.75 Å². The summed E-state index contributed by atoms with van der Waals surface area (Å²) in [5.74, 6) is -0.639. The molecule has 0 saturated carbocycles. The Morgan fingerprint density at radius 1 is 1.16 bits per heavy atom. The Bertz CT molecular complexity index is 494. The maximum Gasteiger partial charge on any atom is 0.444 e. The van der Waals surface area contributed by atoms with Gasteiger partial charge >= 0.3 is 12.4 Å². The number of hydrogen-bond acceptors (Lipinski definition) is 2. The van der Waals surface area contributed by atoms with Crippen LogP contribution in [-0.4, -0.2) is 18.5 Å². The van der Waals surface area contributed by atoms with Crippen molar-refractivity contribution in [2.75, 3.05) is 7.11 Å². The molecule has 2 nitrogen and oxygen atoms in total. The van der Waals surface area contributed by atoms with Crippen molar-refractivity contribution in [1.82, 2.24) is 0 Å². The van der Waals surface area contributed by atoms with Crippen LogP contribution in [0, 0.1) is 0 Å². The molecule has 0 bridgehead atoms. The molecule has 19 heavy (non-hydrogen) atoms. The molecule has 0 N–H and O–H groups in total. The van der Waals surface area contributed by atoms with Crippen LogP contribution in [0.25, 0.3) is 0 Å². The van der Waals surface area contributed by atoms with Crippen molar-refractivity contribution in [3.05, 3.63) is 23.8 Å². The van der Waals surface area contributed by atoms with Crippen LogP contribution in [0.2, 0.25) is 0 Å². The second kappa shape index (κ2) is 5.28. The van der Waals surface area contributed by atoms with Crippen LogP contribution < -0.4 is 4.74 Å². The second-order valence-corrected chi connectivity index (χ2v) is 3.64. The fourth-order valence-electron chi connectivity index (χ4n) is 1.16. The number of hydrogen-bond donors (Lipinski definition) is 0. The molecule has 0 aliphatic heterocycles. The van der Waals surface area contributed by atoms with Crippen LogP contribution in [0.15, 0.2) is 23.2 Å². The van der Waals surface area contributed by atoms with Gasteiger partial charge in [-0.15, -0.1) is 0 Å². The first-order valence-electron chi connectivity index (χ1n) is 4.62. The van der Waals surface area contributed by atoms with E-state index in [-0.39, 0.29) is 0 Å². The average molecular weight is 306 g/mol. The first-order chi connectivity index (χ1) is 8.55. The summed E-state index contributed by atoms with van der Waals surface area (Å²) >= 11 is 4.88. The minimum absolute atomic E-state index is 0.396. The van der Waals surface area contributed by atoms with Gasteiger partial charge in [-0.25, -0.2) is 4.99 Å². The smallest absolute Gasteiger partial charge is 0.444 e. The minimum atomic E-state index is -4.86. The Morgan fingerprint density at radius 2 is 1.74 bits per heavy atom. The number of benzene rings is 1. The van der Waals surface area contributed by atoms with E-state index in [2.05, 4.69) is 9.73 Å². The highest BCUT2D eigenvalue weighted by Crippen LogP contribution is 2.38. The number of aliphatic imine (C=N–C) groups is 1. The van der Waals surface area contributed by atoms with Gasteiger partial charge in [0.25, 0.3) is 0 Å². The lowest BCUT2D eigenvalue weighted by Gasteiger charge is -2.12. The third-order valence-electron chi connectivity index (χ3n) is 1.95. The lowest BCUT2D eigenvalue weighted by molar-refractivity contribution is -0.138. The molecule has 106 valence electrons. The Balaban J connectivity index is 3.22. The third kappa shape index (κ3) is 4.02. The van der Waals surface area contributed by atoms with Gasteiger partial charge in [0.15, 0.2) is 0 Å². The van der Waals surface area contributed by atoms with E-state index in [0.29, 0.717) is 6.07 Å². The van der Waals surface area contributed by atoms with Gasteiger partial charge < -0.3 is 4.74 Å². The topological polar surface area (TPSA) is 21.6 Å². The number of nitrogens with zero attached hydrogens (tertiary/aromatic N) is 1. The largest absolute Gasteiger partial charge is 0.496 e. The molecule has 0 atom stereocenters. The quantitative estimate of drug-likeness (QED) is 0.580. The first-order valence-corrected chi connectivity index (χ1v) is 5.00. The van der Waals surface area contributed by atoms with Crippen molar-refractivity contribution >= 4 is 22.5 Å². The SMILES string of the molecule is COc1cc(N=C(Cl)C(F)(F)F)ccc1C(F)(F)F. The average Bonchev–Trinajstić information content (AvgIpc) is 2.26. The molecule has 0 unspecified atom stereocenters. The van der Waals surface area contributed by atoms with E-state index >= 15 is 0 Å². The summed E-state index contributed by atoms with van der Waals surface area (Å²) in [5.41, 5.74) is -1.51. The molecule has 0 aliphatic carbocycles. The molecule has 0 aromatic heterocycles. The monoisotopic (exact) mass is 305 g/mol. The summed E-state index contributed by atoms with van der Waals surface area (Å²) in [6.45, 7) is 0. The number of rotatable bonds is 2. The Kier molecular flexibility index (Phi) is 4.34. The molecular weight excluding hydrogens is 300 g/mol. The molecule has 0 spiro atoms. The van der Waals surface area contributed by atoms with Crippen LogP contribution in [0.3, 0.4) is 0 Å². The summed E-state index contributed by atoms with van der Waals surface area (Å²) in [6, 6.07) is 2.05. The van der Waals surface area contributed by atoms with Crippen LogP contribution in [0.4, 0.5) is 32.0 Å². The van der Waals surface area contributed by atoms with Gasteiger partial charge in [0.05, 0.1) is 18.4 Å². The molecule has 0 saturated heterocycles. The van der Waals surface area contributed by atoms with Gasteiger partial charge in [0.2, 0.25) is 5.17 Å². The van der Waals surface area contributed by atoms with Gasteiger partial charge in [0.1, 0.15) is 5.75 Å². The van der Waals surface area contributed by atoms with Gasteiger partial charge in [0, 0.05) is 6.07 Å². The van der Waals surface area contributed by atoms with E-state index in [1.54, 1.807) is 0 Å². The number of ether oxygens (including phenoxy) is 1. The van der Waals surface area contributed by atoms with Crippen molar-refractivity contribution in [1.29, 1.82) is 0 Å². The zero-order valence-corrected chi connectivity index (χ0v) is 9.99. The minimum Gasteiger partial charge on any atom is -0.496 e. The molecule has 0 radical (unpaired) electrons. The Hall–Kier alpha value is -1.44. The number of alkyl halides is 6. The van der Waals surface area contributed by atoms with Crippen molar-refractivity contribution in [2.45, 2.75) is 12.4 Å². The summed E-state index contributed by atoms with van der Waals surface area (Å²) < 4.78 is 78.3. The lowest BCUT2D eigenvalue weighted by atomic mass is 10.1. The second-order valence-electron chi connectivity index (χ2n) is 3.28. The number of halogens is 7. The van der Waals surface area contributed by atoms with Crippen LogP contribution in [0.1, 0.15) is 5.56 Å². The normalized spacial score (nSPS) is 13.6. The summed E-state index contributed by atoms with van der Waals surface area (Å²) in [4.78, 5) is 2.97. The fourth-order valence-corrected chi connectivity index (χ4v) is 1.26. The highest BCUT2D eigenvalue weighted by molar-refractivity contribution is 6.67. The summed E-state index contributed by atoms with van der Waals surface area (Å²) in [6.07, 6.45) is -9.54. The maximum atomic E-state index is 12.5. The van der Waals surface area contributed by atoms with Gasteiger partial charge in [-0.1, -0.05) is 11.6 Å². The van der Waals surface area contributed by atoms with E-state index in [1.807, 2.05) is 0 Å². The fraction of sp³-hybridized carbons (Fsp3) is 0.300. The third-order valence-corrected chi connectivity index (χ3v) is 2.25. The van der Waals surface area contributed by atoms with E-state index in [1.165, 1.54) is 0 Å². The molecule has 0 heterocycles. The first kappa shape index (κ1) is 15.6. The van der Waals surface area contributed by atoms with E-state index in [4.69, 9.17) is 11.6 Å².